The molecule has 0 aromatic carbocycles. The molecule has 0 radical (unpaired) electrons. The molecule has 1 fully saturated rings. The number of ketones is 1. The van der Waals surface area contributed by atoms with Gasteiger partial charge in [0.2, 0.25) is 11.8 Å². The topological polar surface area (TPSA) is 91.8 Å². The van der Waals surface area contributed by atoms with Crippen molar-refractivity contribution in [2.75, 3.05) is 5.75 Å². The first-order valence-corrected chi connectivity index (χ1v) is 6.94. The lowest BCUT2D eigenvalue weighted by Crippen LogP contribution is -2.46. The molecule has 0 bridgehead atoms. The first-order valence-electron chi connectivity index (χ1n) is 5.95. The Labute approximate surface area is 120 Å². The lowest BCUT2D eigenvalue weighted by atomic mass is 10.1. The molecule has 1 saturated heterocycles. The van der Waals surface area contributed by atoms with Gasteiger partial charge in [0.15, 0.2) is 10.9 Å². The second-order valence-corrected chi connectivity index (χ2v) is 5.68. The number of carbonyl (C=O) groups excluding carboxylic acids is 5. The van der Waals surface area contributed by atoms with Crippen LogP contribution < -0.4 is 0 Å². The fourth-order valence-electron chi connectivity index (χ4n) is 2.21. The van der Waals surface area contributed by atoms with Gasteiger partial charge in [0.05, 0.1) is 6.04 Å². The molecule has 1 aliphatic rings. The number of hydrogen-bond donors (Lipinski definition) is 0. The molecule has 0 N–H and O–H groups in total. The quantitative estimate of drug-likeness (QED) is 0.750. The molecule has 4 amide bonds. The molecule has 8 heteroatoms. The summed E-state index contributed by atoms with van der Waals surface area (Å²) in [6.45, 7) is 4.95. The van der Waals surface area contributed by atoms with Crippen LogP contribution in [0.3, 0.4) is 0 Å². The predicted octanol–water partition coefficient (Wildman–Crippen LogP) is 0.423. The summed E-state index contributed by atoms with van der Waals surface area (Å²) in [5, 5.41) is -0.190. The van der Waals surface area contributed by atoms with Crippen LogP contribution in [-0.2, 0) is 19.2 Å². The number of rotatable bonds is 3. The number of hydrogen-bond acceptors (Lipinski definition) is 6. The molecule has 7 nitrogen and oxygen atoms in total. The van der Waals surface area contributed by atoms with Gasteiger partial charge in [-0.25, -0.2) is 4.79 Å². The van der Waals surface area contributed by atoms with Gasteiger partial charge in [0.1, 0.15) is 6.04 Å². The lowest BCUT2D eigenvalue weighted by molar-refractivity contribution is -0.133. The average Bonchev–Trinajstić information content (AvgIpc) is 2.59. The number of imide groups is 2. The van der Waals surface area contributed by atoms with E-state index in [9.17, 15) is 24.0 Å². The summed E-state index contributed by atoms with van der Waals surface area (Å²) in [7, 11) is 0. The fourth-order valence-corrected chi connectivity index (χ4v) is 2.95. The van der Waals surface area contributed by atoms with Crippen molar-refractivity contribution >= 4 is 40.5 Å². The highest BCUT2D eigenvalue weighted by Gasteiger charge is 2.51. The van der Waals surface area contributed by atoms with E-state index in [4.69, 9.17) is 0 Å². The summed E-state index contributed by atoms with van der Waals surface area (Å²) in [5.41, 5.74) is 0. The SMILES string of the molecule is CC(=O)SCC1C(C(C)=O)N(C(C)=O)C(=O)N1C(C)=O. The molecule has 0 aliphatic carbocycles. The van der Waals surface area contributed by atoms with Crippen LogP contribution in [0.25, 0.3) is 0 Å². The second kappa shape index (κ2) is 6.17. The maximum Gasteiger partial charge on any atom is 0.334 e. The van der Waals surface area contributed by atoms with E-state index in [1.54, 1.807) is 0 Å². The van der Waals surface area contributed by atoms with Crippen LogP contribution in [0.2, 0.25) is 0 Å². The number of Topliss-reactive ketones (excluding diaryl/α,β-unsaturated/α-hetero) is 1. The number of amides is 4. The van der Waals surface area contributed by atoms with Crippen molar-refractivity contribution in [3.63, 3.8) is 0 Å². The Balaban J connectivity index is 3.20. The van der Waals surface area contributed by atoms with Crippen molar-refractivity contribution in [1.29, 1.82) is 0 Å². The van der Waals surface area contributed by atoms with Gasteiger partial charge in [0.25, 0.3) is 0 Å². The first-order chi connectivity index (χ1) is 9.18. The smallest absolute Gasteiger partial charge is 0.298 e. The lowest BCUT2D eigenvalue weighted by Gasteiger charge is -2.22. The van der Waals surface area contributed by atoms with E-state index < -0.39 is 35.7 Å². The maximum atomic E-state index is 12.1. The van der Waals surface area contributed by atoms with Crippen LogP contribution in [0.4, 0.5) is 4.79 Å². The molecule has 0 aromatic rings. The predicted molar refractivity (Wildman–Crippen MR) is 71.8 cm³/mol. The Morgan fingerprint density at radius 3 is 1.85 bits per heavy atom. The van der Waals surface area contributed by atoms with Crippen LogP contribution in [0.15, 0.2) is 0 Å². The summed E-state index contributed by atoms with van der Waals surface area (Å²) in [6, 6.07) is -2.65. The zero-order chi connectivity index (χ0) is 15.6. The highest BCUT2D eigenvalue weighted by Crippen LogP contribution is 2.27. The van der Waals surface area contributed by atoms with Gasteiger partial charge in [-0.15, -0.1) is 0 Å². The number of thioether (sulfide) groups is 1. The van der Waals surface area contributed by atoms with Crippen LogP contribution in [0.5, 0.6) is 0 Å². The van der Waals surface area contributed by atoms with Gasteiger partial charge in [-0.3, -0.25) is 29.0 Å². The van der Waals surface area contributed by atoms with Crippen molar-refractivity contribution in [3.05, 3.63) is 0 Å². The average molecular weight is 300 g/mol. The maximum absolute atomic E-state index is 12.1. The zero-order valence-corrected chi connectivity index (χ0v) is 12.5. The third-order valence-electron chi connectivity index (χ3n) is 2.94. The third-order valence-corrected chi connectivity index (χ3v) is 3.85. The molecule has 2 atom stereocenters. The summed E-state index contributed by atoms with van der Waals surface area (Å²) in [6.07, 6.45) is 0. The molecule has 1 heterocycles. The first kappa shape index (κ1) is 16.4. The number of carbonyl (C=O) groups is 5. The summed E-state index contributed by atoms with van der Waals surface area (Å²) < 4.78 is 0. The van der Waals surface area contributed by atoms with E-state index in [-0.39, 0.29) is 10.9 Å². The van der Waals surface area contributed by atoms with Crippen molar-refractivity contribution < 1.29 is 24.0 Å². The molecular weight excluding hydrogens is 284 g/mol. The van der Waals surface area contributed by atoms with Crippen LogP contribution in [0.1, 0.15) is 27.7 Å². The van der Waals surface area contributed by atoms with E-state index >= 15 is 0 Å². The molecule has 0 spiro atoms. The monoisotopic (exact) mass is 300 g/mol. The van der Waals surface area contributed by atoms with Gasteiger partial charge in [-0.2, -0.15) is 0 Å². The Morgan fingerprint density at radius 2 is 1.50 bits per heavy atom. The van der Waals surface area contributed by atoms with Crippen LogP contribution in [-0.4, -0.2) is 56.4 Å². The zero-order valence-electron chi connectivity index (χ0n) is 11.7. The van der Waals surface area contributed by atoms with Crippen molar-refractivity contribution in [1.82, 2.24) is 9.80 Å². The molecule has 20 heavy (non-hydrogen) atoms. The molecular formula is C12H16N2O5S. The minimum Gasteiger partial charge on any atom is -0.298 e. The van der Waals surface area contributed by atoms with Gasteiger partial charge >= 0.3 is 6.03 Å². The number of urea groups is 1. The van der Waals surface area contributed by atoms with Crippen LogP contribution in [0, 0.1) is 0 Å². The Morgan fingerprint density at radius 1 is 1.00 bits per heavy atom. The standard InChI is InChI=1S/C12H16N2O5S/c1-6(15)11-10(5-20-9(4)18)13(7(2)16)12(19)14(11)8(3)17/h10-11H,5H2,1-4H3. The summed E-state index contributed by atoms with van der Waals surface area (Å²) in [4.78, 5) is 59.8. The van der Waals surface area contributed by atoms with E-state index in [1.807, 2.05) is 0 Å². The molecule has 0 aromatic heterocycles. The van der Waals surface area contributed by atoms with Gasteiger partial charge in [0, 0.05) is 26.5 Å². The van der Waals surface area contributed by atoms with Crippen molar-refractivity contribution in [2.24, 2.45) is 0 Å². The minimum atomic E-state index is -1.03. The van der Waals surface area contributed by atoms with E-state index in [0.717, 1.165) is 28.5 Å². The Bertz CT molecular complexity index is 490. The summed E-state index contributed by atoms with van der Waals surface area (Å²) >= 11 is 0.911. The largest absolute Gasteiger partial charge is 0.334 e. The summed E-state index contributed by atoms with van der Waals surface area (Å²) in [5.74, 6) is -1.46. The molecule has 0 saturated carbocycles. The highest BCUT2D eigenvalue weighted by atomic mass is 32.2. The van der Waals surface area contributed by atoms with Gasteiger partial charge in [-0.05, 0) is 6.92 Å². The van der Waals surface area contributed by atoms with Gasteiger partial charge < -0.3 is 0 Å². The second-order valence-electron chi connectivity index (χ2n) is 4.49. The van der Waals surface area contributed by atoms with E-state index in [2.05, 4.69) is 0 Å². The molecule has 1 aliphatic heterocycles. The Kier molecular flexibility index (Phi) is 5.04. The fraction of sp³-hybridized carbons (Fsp3) is 0.583. The van der Waals surface area contributed by atoms with Crippen LogP contribution >= 0.6 is 11.8 Å². The third kappa shape index (κ3) is 3.06. The normalized spacial score (nSPS) is 22.1. The highest BCUT2D eigenvalue weighted by molar-refractivity contribution is 8.13. The molecule has 1 rings (SSSR count). The van der Waals surface area contributed by atoms with Crippen molar-refractivity contribution in [2.45, 2.75) is 39.8 Å². The van der Waals surface area contributed by atoms with Gasteiger partial charge in [-0.1, -0.05) is 11.8 Å². The minimum absolute atomic E-state index is 0.0919. The Hall–Kier alpha value is -1.70. The number of nitrogens with zero attached hydrogens (tertiary/aromatic N) is 2. The van der Waals surface area contributed by atoms with Crippen molar-refractivity contribution in [3.8, 4) is 0 Å². The molecule has 110 valence electrons. The van der Waals surface area contributed by atoms with E-state index in [0.29, 0.717) is 0 Å². The molecule has 2 unspecified atom stereocenters. The van der Waals surface area contributed by atoms with E-state index in [1.165, 1.54) is 20.8 Å².